The molecule has 0 spiro atoms. The van der Waals surface area contributed by atoms with Crippen molar-refractivity contribution in [2.75, 3.05) is 0 Å². The summed E-state index contributed by atoms with van der Waals surface area (Å²) in [6, 6.07) is 14.8. The van der Waals surface area contributed by atoms with Gasteiger partial charge in [-0.1, -0.05) is 12.1 Å². The Kier molecular flexibility index (Phi) is 8.49. The molecule has 63 heavy (non-hydrogen) atoms. The highest BCUT2D eigenvalue weighted by Gasteiger charge is 2.61. The molecule has 18 nitrogen and oxygen atoms in total. The minimum atomic E-state index is -2.31. The summed E-state index contributed by atoms with van der Waals surface area (Å²) in [6.07, 6.45) is -8.29. The number of fused-ring (bicyclic) bond motifs is 9. The van der Waals surface area contributed by atoms with Crippen molar-refractivity contribution in [3.8, 4) is 86.2 Å². The molecule has 18 heteroatoms. The van der Waals surface area contributed by atoms with Gasteiger partial charge in [0.2, 0.25) is 0 Å². The molecule has 0 amide bonds. The average Bonchev–Trinajstić information content (AvgIpc) is 3.22. The number of phenols is 11. The third-order valence-electron chi connectivity index (χ3n) is 12.2. The fraction of sp³-hybridized carbons (Fsp3) is 0.200. The summed E-state index contributed by atoms with van der Waals surface area (Å²) in [5, 5.41) is 155. The first-order chi connectivity index (χ1) is 30.0. The second-order valence-electron chi connectivity index (χ2n) is 15.9. The van der Waals surface area contributed by atoms with Gasteiger partial charge < -0.3 is 90.4 Å². The summed E-state index contributed by atoms with van der Waals surface area (Å²) in [7, 11) is 0. The Morgan fingerprint density at radius 1 is 0.444 bits per heavy atom. The lowest BCUT2D eigenvalue weighted by atomic mass is 9.71. The van der Waals surface area contributed by atoms with Gasteiger partial charge >= 0.3 is 5.79 Å². The van der Waals surface area contributed by atoms with Crippen LogP contribution in [0.1, 0.15) is 68.6 Å². The van der Waals surface area contributed by atoms with Crippen LogP contribution in [0.5, 0.6) is 86.2 Å². The number of phenolic OH excluding ortho intramolecular Hbond substituents is 11. The smallest absolute Gasteiger partial charge is 0.305 e. The molecule has 4 aliphatic heterocycles. The van der Waals surface area contributed by atoms with Crippen molar-refractivity contribution < 1.29 is 90.4 Å². The van der Waals surface area contributed by atoms with E-state index in [0.29, 0.717) is 0 Å². The van der Waals surface area contributed by atoms with Gasteiger partial charge in [-0.3, -0.25) is 0 Å². The van der Waals surface area contributed by atoms with Gasteiger partial charge in [-0.15, -0.1) is 0 Å². The summed E-state index contributed by atoms with van der Waals surface area (Å²) in [5.74, 6) is -12.6. The zero-order valence-corrected chi connectivity index (χ0v) is 32.1. The number of benzene rings is 6. The Morgan fingerprint density at radius 3 is 1.62 bits per heavy atom. The van der Waals surface area contributed by atoms with E-state index in [1.807, 2.05) is 0 Å². The lowest BCUT2D eigenvalue weighted by Crippen LogP contribution is -2.57. The van der Waals surface area contributed by atoms with Crippen LogP contribution in [0.15, 0.2) is 78.9 Å². The number of ether oxygens (including phenoxy) is 4. The van der Waals surface area contributed by atoms with Crippen LogP contribution in [0.2, 0.25) is 0 Å². The normalized spacial score (nSPS) is 25.2. The first-order valence-electron chi connectivity index (χ1n) is 19.3. The largest absolute Gasteiger partial charge is 0.508 e. The van der Waals surface area contributed by atoms with Gasteiger partial charge in [0.05, 0.1) is 17.9 Å². The van der Waals surface area contributed by atoms with Crippen LogP contribution in [0.4, 0.5) is 0 Å². The second kappa shape index (κ2) is 13.6. The van der Waals surface area contributed by atoms with Crippen LogP contribution in [0.25, 0.3) is 0 Å². The maximum absolute atomic E-state index is 12.5. The van der Waals surface area contributed by atoms with Crippen LogP contribution < -0.4 is 18.9 Å². The summed E-state index contributed by atoms with van der Waals surface area (Å²) in [5.41, 5.74) is -0.583. The van der Waals surface area contributed by atoms with Crippen LogP contribution in [0, 0.1) is 0 Å². The molecule has 10 rings (SSSR count). The Morgan fingerprint density at radius 2 is 0.984 bits per heavy atom. The van der Waals surface area contributed by atoms with Crippen molar-refractivity contribution in [2.24, 2.45) is 0 Å². The molecule has 0 aromatic heterocycles. The number of aliphatic hydroxyl groups excluding tert-OH is 3. The molecule has 6 aromatic rings. The molecule has 6 aromatic carbocycles. The summed E-state index contributed by atoms with van der Waals surface area (Å²) in [6.45, 7) is 0. The van der Waals surface area contributed by atoms with Crippen molar-refractivity contribution in [1.82, 2.24) is 0 Å². The van der Waals surface area contributed by atoms with E-state index in [1.54, 1.807) is 0 Å². The van der Waals surface area contributed by atoms with Crippen molar-refractivity contribution in [2.45, 2.75) is 54.6 Å². The first kappa shape index (κ1) is 39.3. The van der Waals surface area contributed by atoms with Crippen LogP contribution in [-0.4, -0.2) is 89.8 Å². The number of hydrogen-bond donors (Lipinski definition) is 14. The Balaban J connectivity index is 1.25. The van der Waals surface area contributed by atoms with E-state index >= 15 is 0 Å². The summed E-state index contributed by atoms with van der Waals surface area (Å²) in [4.78, 5) is 0. The maximum Gasteiger partial charge on any atom is 0.305 e. The molecule has 0 saturated carbocycles. The van der Waals surface area contributed by atoms with Crippen LogP contribution in [0.3, 0.4) is 0 Å². The zero-order valence-electron chi connectivity index (χ0n) is 32.1. The Hall–Kier alpha value is -7.80. The van der Waals surface area contributed by atoms with Crippen LogP contribution in [-0.2, 0) is 12.2 Å². The van der Waals surface area contributed by atoms with E-state index in [-0.39, 0.29) is 73.9 Å². The fourth-order valence-corrected chi connectivity index (χ4v) is 9.32. The number of aromatic hydroxyl groups is 11. The van der Waals surface area contributed by atoms with Gasteiger partial charge in [-0.25, -0.2) is 0 Å². The minimum Gasteiger partial charge on any atom is -0.508 e. The lowest BCUT2D eigenvalue weighted by molar-refractivity contribution is -0.219. The Labute approximate surface area is 354 Å². The lowest BCUT2D eigenvalue weighted by Gasteiger charge is -2.51. The molecule has 0 radical (unpaired) electrons. The highest BCUT2D eigenvalue weighted by Crippen LogP contribution is 2.65. The van der Waals surface area contributed by atoms with E-state index in [9.17, 15) is 71.5 Å². The monoisotopic (exact) mass is 864 g/mol. The molecule has 8 atom stereocenters. The standard InChI is InChI=1S/C45H36O18/c46-18-10-27(54)33-31(11-18)62-45(17-3-6-22(49)26(53)9-17)44(59)38(33)36-32(63-45)14-29(56)35-37(39(58)41(61-43(35)36)16-2-5-21(48)25(52)8-16)34-28(55)13-23(50)19-12-30(57)40(60-42(19)34)15-1-4-20(47)24(51)7-15/h1-11,13-14,30,37-41,44,46-59H,12H2/t30-,37+,38-,39+,40-,41+,44-,45-/m0/s1. The first-order valence-corrected chi connectivity index (χ1v) is 19.3. The van der Waals surface area contributed by atoms with Crippen molar-refractivity contribution in [3.05, 3.63) is 123 Å². The summed E-state index contributed by atoms with van der Waals surface area (Å²) < 4.78 is 25.6. The molecule has 0 fully saturated rings. The van der Waals surface area contributed by atoms with Gasteiger partial charge in [0.25, 0.3) is 0 Å². The summed E-state index contributed by atoms with van der Waals surface area (Å²) >= 11 is 0. The Bertz CT molecular complexity index is 2910. The third kappa shape index (κ3) is 5.68. The van der Waals surface area contributed by atoms with E-state index in [2.05, 4.69) is 0 Å². The molecule has 0 unspecified atom stereocenters. The quantitative estimate of drug-likeness (QED) is 0.110. The predicted octanol–water partition coefficient (Wildman–Crippen LogP) is 4.24. The van der Waals surface area contributed by atoms with Crippen molar-refractivity contribution in [3.63, 3.8) is 0 Å². The van der Waals surface area contributed by atoms with Gasteiger partial charge in [-0.05, 0) is 53.6 Å². The molecule has 2 bridgehead atoms. The van der Waals surface area contributed by atoms with Crippen molar-refractivity contribution in [1.29, 1.82) is 0 Å². The number of aliphatic hydroxyl groups is 3. The molecule has 4 aliphatic rings. The van der Waals surface area contributed by atoms with Gasteiger partial charge in [-0.2, -0.15) is 0 Å². The molecule has 4 heterocycles. The molecular weight excluding hydrogens is 828 g/mol. The maximum atomic E-state index is 12.5. The van der Waals surface area contributed by atoms with Gasteiger partial charge in [0.15, 0.2) is 40.6 Å². The van der Waals surface area contributed by atoms with E-state index in [4.69, 9.17) is 18.9 Å². The number of hydrogen-bond acceptors (Lipinski definition) is 18. The van der Waals surface area contributed by atoms with Gasteiger partial charge in [0, 0.05) is 64.1 Å². The van der Waals surface area contributed by atoms with Crippen molar-refractivity contribution >= 4 is 0 Å². The second-order valence-corrected chi connectivity index (χ2v) is 15.9. The fourth-order valence-electron chi connectivity index (χ4n) is 9.32. The van der Waals surface area contributed by atoms with E-state index < -0.39 is 111 Å². The SMILES string of the molecule is Oc1cc(O)c2c(c1)O[C@@]1(c3ccc(O)c(O)c3)Oc3cc(O)c4c(c3[C@H]2[C@@H]1O)O[C@H](c1ccc(O)c(O)c1)[C@H](O)[C@@H]4c1c(O)cc(O)c2c1O[C@@H](c1ccc(O)c(O)c1)[C@@H](O)C2. The highest BCUT2D eigenvalue weighted by atomic mass is 16.7. The third-order valence-corrected chi connectivity index (χ3v) is 12.2. The molecule has 0 saturated heterocycles. The molecule has 324 valence electrons. The van der Waals surface area contributed by atoms with Crippen LogP contribution >= 0.6 is 0 Å². The van der Waals surface area contributed by atoms with E-state index in [0.717, 1.165) is 60.7 Å². The average molecular weight is 865 g/mol. The molecule has 0 aliphatic carbocycles. The molecular formula is C45H36O18. The van der Waals surface area contributed by atoms with E-state index in [1.165, 1.54) is 18.2 Å². The molecule has 14 N–H and O–H groups in total. The van der Waals surface area contributed by atoms with Gasteiger partial charge in [0.1, 0.15) is 70.1 Å². The minimum absolute atomic E-state index is 0.0325. The highest BCUT2D eigenvalue weighted by molar-refractivity contribution is 5.72. The predicted molar refractivity (Wildman–Crippen MR) is 212 cm³/mol. The number of rotatable bonds is 4. The topological polar surface area (TPSA) is 320 Å². The zero-order chi connectivity index (χ0) is 44.5.